The predicted octanol–water partition coefficient (Wildman–Crippen LogP) is 3.64. The van der Waals surface area contributed by atoms with Gasteiger partial charge in [0, 0.05) is 24.1 Å². The molecular weight excluding hydrogens is 256 g/mol. The normalized spacial score (nSPS) is 10.6. The van der Waals surface area contributed by atoms with Gasteiger partial charge in [-0.05, 0) is 26.0 Å². The molecule has 19 heavy (non-hydrogen) atoms. The Kier molecular flexibility index (Phi) is 5.36. The Morgan fingerprint density at radius 1 is 1.26 bits per heavy atom. The summed E-state index contributed by atoms with van der Waals surface area (Å²) >= 11 is 1.71. The Balaban J connectivity index is 1.81. The molecule has 4 heteroatoms. The number of aromatic nitrogens is 1. The van der Waals surface area contributed by atoms with Gasteiger partial charge in [0.2, 0.25) is 0 Å². The maximum Gasteiger partial charge on any atom is 0.0952 e. The molecule has 1 N–H and O–H groups in total. The fourth-order valence-electron chi connectivity index (χ4n) is 1.71. The maximum atomic E-state index is 5.34. The molecule has 0 saturated carbocycles. The molecule has 0 bridgehead atoms. The van der Waals surface area contributed by atoms with Crippen molar-refractivity contribution in [1.82, 2.24) is 4.98 Å². The van der Waals surface area contributed by atoms with Crippen LogP contribution in [0.5, 0.6) is 0 Å². The average molecular weight is 276 g/mol. The van der Waals surface area contributed by atoms with E-state index in [0.29, 0.717) is 0 Å². The summed E-state index contributed by atoms with van der Waals surface area (Å²) in [5.41, 5.74) is 3.50. The second-order valence-corrected chi connectivity index (χ2v) is 5.34. The van der Waals surface area contributed by atoms with Crippen LogP contribution in [0.1, 0.15) is 23.2 Å². The third-order valence-corrected chi connectivity index (χ3v) is 3.75. The minimum absolute atomic E-state index is 0.759. The van der Waals surface area contributed by atoms with E-state index in [1.807, 2.05) is 6.92 Å². The number of nitrogens with zero attached hydrogens (tertiary/aromatic N) is 1. The zero-order valence-corrected chi connectivity index (χ0v) is 12.3. The first-order valence-electron chi connectivity index (χ1n) is 6.59. The molecule has 0 saturated heterocycles. The van der Waals surface area contributed by atoms with Crippen LogP contribution in [0.3, 0.4) is 0 Å². The van der Waals surface area contributed by atoms with Crippen LogP contribution < -0.4 is 5.32 Å². The zero-order chi connectivity index (χ0) is 13.5. The van der Waals surface area contributed by atoms with Gasteiger partial charge >= 0.3 is 0 Å². The van der Waals surface area contributed by atoms with E-state index in [1.165, 1.54) is 5.56 Å². The number of ether oxygens (including phenoxy) is 1. The Hall–Kier alpha value is -1.39. The lowest BCUT2D eigenvalue weighted by Gasteiger charge is -2.04. The number of aryl methyl sites for hydroxylation is 1. The van der Waals surface area contributed by atoms with Crippen LogP contribution in [0.4, 0.5) is 5.69 Å². The van der Waals surface area contributed by atoms with Gasteiger partial charge in [-0.15, -0.1) is 11.3 Å². The highest BCUT2D eigenvalue weighted by Crippen LogP contribution is 2.14. The number of rotatable bonds is 7. The van der Waals surface area contributed by atoms with Crippen molar-refractivity contribution in [3.05, 3.63) is 45.9 Å². The van der Waals surface area contributed by atoms with Crippen molar-refractivity contribution in [3.8, 4) is 0 Å². The van der Waals surface area contributed by atoms with Crippen LogP contribution in [0.15, 0.2) is 29.6 Å². The van der Waals surface area contributed by atoms with E-state index in [9.17, 15) is 0 Å². The average Bonchev–Trinajstić information content (AvgIpc) is 2.86. The van der Waals surface area contributed by atoms with Crippen LogP contribution in [-0.4, -0.2) is 18.2 Å². The molecule has 0 unspecified atom stereocenters. The van der Waals surface area contributed by atoms with E-state index in [0.717, 1.165) is 42.6 Å². The van der Waals surface area contributed by atoms with Crippen molar-refractivity contribution >= 4 is 17.0 Å². The third kappa shape index (κ3) is 4.65. The fourth-order valence-corrected chi connectivity index (χ4v) is 2.49. The Morgan fingerprint density at radius 3 is 2.79 bits per heavy atom. The summed E-state index contributed by atoms with van der Waals surface area (Å²) in [7, 11) is 0. The molecule has 0 radical (unpaired) electrons. The van der Waals surface area contributed by atoms with Gasteiger partial charge in [0.1, 0.15) is 0 Å². The summed E-state index contributed by atoms with van der Waals surface area (Å²) in [5, 5.41) is 6.64. The van der Waals surface area contributed by atoms with Gasteiger partial charge in [-0.1, -0.05) is 17.7 Å². The smallest absolute Gasteiger partial charge is 0.0952 e. The number of benzene rings is 1. The molecule has 0 fully saturated rings. The molecule has 0 aliphatic heterocycles. The molecule has 1 heterocycles. The fraction of sp³-hybridized carbons (Fsp3) is 0.400. The van der Waals surface area contributed by atoms with Gasteiger partial charge in [0.15, 0.2) is 0 Å². The molecule has 1 aromatic heterocycles. The minimum Gasteiger partial charge on any atom is -0.381 e. The third-order valence-electron chi connectivity index (χ3n) is 2.79. The number of anilines is 1. The zero-order valence-electron chi connectivity index (χ0n) is 11.5. The van der Waals surface area contributed by atoms with Crippen molar-refractivity contribution in [2.45, 2.75) is 26.8 Å². The molecule has 0 aliphatic rings. The SMILES string of the molecule is CCOCCc1nc(CNc2ccc(C)cc2)cs1. The van der Waals surface area contributed by atoms with E-state index < -0.39 is 0 Å². The molecule has 1 aromatic carbocycles. The first kappa shape index (κ1) is 14.0. The number of thiazole rings is 1. The number of hydrogen-bond acceptors (Lipinski definition) is 4. The molecule has 2 aromatic rings. The van der Waals surface area contributed by atoms with Crippen LogP contribution in [0.2, 0.25) is 0 Å². The highest BCUT2D eigenvalue weighted by Gasteiger charge is 2.02. The Morgan fingerprint density at radius 2 is 2.05 bits per heavy atom. The highest BCUT2D eigenvalue weighted by atomic mass is 32.1. The van der Waals surface area contributed by atoms with Crippen molar-refractivity contribution in [1.29, 1.82) is 0 Å². The highest BCUT2D eigenvalue weighted by molar-refractivity contribution is 7.09. The standard InChI is InChI=1S/C15H20N2OS/c1-3-18-9-8-15-17-14(11-19-15)10-16-13-6-4-12(2)5-7-13/h4-7,11,16H,3,8-10H2,1-2H3. The quantitative estimate of drug-likeness (QED) is 0.784. The molecule has 2 rings (SSSR count). The summed E-state index contributed by atoms with van der Waals surface area (Å²) < 4.78 is 5.34. The van der Waals surface area contributed by atoms with Gasteiger partial charge in [-0.3, -0.25) is 0 Å². The van der Waals surface area contributed by atoms with E-state index in [-0.39, 0.29) is 0 Å². The van der Waals surface area contributed by atoms with Gasteiger partial charge in [0.25, 0.3) is 0 Å². The van der Waals surface area contributed by atoms with Crippen LogP contribution in [0.25, 0.3) is 0 Å². The van der Waals surface area contributed by atoms with Crippen molar-refractivity contribution in [3.63, 3.8) is 0 Å². The molecule has 0 amide bonds. The maximum absolute atomic E-state index is 5.34. The predicted molar refractivity (Wildman–Crippen MR) is 80.8 cm³/mol. The second kappa shape index (κ2) is 7.26. The van der Waals surface area contributed by atoms with E-state index >= 15 is 0 Å². The Bertz CT molecular complexity index is 493. The van der Waals surface area contributed by atoms with Crippen molar-refractivity contribution < 1.29 is 4.74 Å². The summed E-state index contributed by atoms with van der Waals surface area (Å²) in [6.07, 6.45) is 0.906. The van der Waals surface area contributed by atoms with Crippen molar-refractivity contribution in [2.75, 3.05) is 18.5 Å². The Labute approximate surface area is 118 Å². The number of nitrogens with one attached hydrogen (secondary N) is 1. The summed E-state index contributed by atoms with van der Waals surface area (Å²) in [5.74, 6) is 0. The first-order chi connectivity index (χ1) is 9.28. The topological polar surface area (TPSA) is 34.1 Å². The molecular formula is C15H20N2OS. The number of hydrogen-bond donors (Lipinski definition) is 1. The van der Waals surface area contributed by atoms with Crippen molar-refractivity contribution in [2.24, 2.45) is 0 Å². The second-order valence-electron chi connectivity index (χ2n) is 4.40. The molecule has 0 atom stereocenters. The lowest BCUT2D eigenvalue weighted by molar-refractivity contribution is 0.151. The van der Waals surface area contributed by atoms with Crippen LogP contribution >= 0.6 is 11.3 Å². The monoisotopic (exact) mass is 276 g/mol. The summed E-state index contributed by atoms with van der Waals surface area (Å²) in [6, 6.07) is 8.41. The van der Waals surface area contributed by atoms with Gasteiger partial charge in [-0.25, -0.2) is 4.98 Å². The van der Waals surface area contributed by atoms with Gasteiger partial charge in [-0.2, -0.15) is 0 Å². The lowest BCUT2D eigenvalue weighted by atomic mass is 10.2. The minimum atomic E-state index is 0.759. The van der Waals surface area contributed by atoms with E-state index in [1.54, 1.807) is 11.3 Å². The first-order valence-corrected chi connectivity index (χ1v) is 7.47. The van der Waals surface area contributed by atoms with E-state index in [2.05, 4.69) is 46.9 Å². The van der Waals surface area contributed by atoms with Gasteiger partial charge in [0.05, 0.1) is 23.9 Å². The largest absolute Gasteiger partial charge is 0.381 e. The lowest BCUT2D eigenvalue weighted by Crippen LogP contribution is -2.01. The summed E-state index contributed by atoms with van der Waals surface area (Å²) in [4.78, 5) is 4.59. The molecule has 102 valence electrons. The van der Waals surface area contributed by atoms with E-state index in [4.69, 9.17) is 4.74 Å². The van der Waals surface area contributed by atoms with Crippen LogP contribution in [-0.2, 0) is 17.7 Å². The van der Waals surface area contributed by atoms with Gasteiger partial charge < -0.3 is 10.1 Å². The molecule has 0 aliphatic carbocycles. The molecule has 0 spiro atoms. The molecule has 3 nitrogen and oxygen atoms in total. The summed E-state index contributed by atoms with van der Waals surface area (Å²) in [6.45, 7) is 6.41. The van der Waals surface area contributed by atoms with Crippen LogP contribution in [0, 0.1) is 6.92 Å².